The predicted octanol–water partition coefficient (Wildman–Crippen LogP) is 3.36. The van der Waals surface area contributed by atoms with E-state index in [0.29, 0.717) is 4.90 Å². The van der Waals surface area contributed by atoms with Gasteiger partial charge in [0.15, 0.2) is 5.54 Å². The minimum Gasteiger partial charge on any atom is -0.465 e. The fraction of sp³-hybridized carbons (Fsp3) is 0.529. The first-order chi connectivity index (χ1) is 11.6. The maximum absolute atomic E-state index is 13.9. The van der Waals surface area contributed by atoms with Crippen LogP contribution < -0.4 is 5.32 Å². The van der Waals surface area contributed by atoms with Crippen molar-refractivity contribution >= 4 is 12.0 Å². The maximum atomic E-state index is 13.9. The molecule has 1 aromatic rings. The van der Waals surface area contributed by atoms with E-state index in [2.05, 4.69) is 5.32 Å². The van der Waals surface area contributed by atoms with E-state index in [1.165, 1.54) is 24.3 Å². The summed E-state index contributed by atoms with van der Waals surface area (Å²) in [6.45, 7) is 3.10. The van der Waals surface area contributed by atoms with E-state index in [9.17, 15) is 27.9 Å². The van der Waals surface area contributed by atoms with E-state index in [0.717, 1.165) is 0 Å². The van der Waals surface area contributed by atoms with Crippen molar-refractivity contribution in [3.05, 3.63) is 35.9 Å². The summed E-state index contributed by atoms with van der Waals surface area (Å²) in [5.74, 6) is -3.07. The molecular weight excluding hydrogens is 337 g/mol. The Balaban J connectivity index is 2.76. The fourth-order valence-corrected chi connectivity index (χ4v) is 3.51. The molecule has 1 fully saturated rings. The Bertz CT molecular complexity index is 634. The van der Waals surface area contributed by atoms with Gasteiger partial charge in [-0.05, 0) is 32.3 Å². The van der Waals surface area contributed by atoms with Crippen LogP contribution in [0.25, 0.3) is 0 Å². The molecule has 2 N–H and O–H groups in total. The summed E-state index contributed by atoms with van der Waals surface area (Å²) in [6.07, 6.45) is -6.54. The zero-order chi connectivity index (χ0) is 18.8. The monoisotopic (exact) mass is 358 g/mol. The lowest BCUT2D eigenvalue weighted by Crippen LogP contribution is -2.67. The third-order valence-electron chi connectivity index (χ3n) is 4.41. The van der Waals surface area contributed by atoms with Crippen LogP contribution >= 0.6 is 0 Å². The summed E-state index contributed by atoms with van der Waals surface area (Å²) >= 11 is 0. The van der Waals surface area contributed by atoms with E-state index >= 15 is 0 Å². The van der Waals surface area contributed by atoms with Gasteiger partial charge in [-0.3, -0.25) is 9.69 Å². The van der Waals surface area contributed by atoms with E-state index in [-0.39, 0.29) is 24.9 Å². The van der Waals surface area contributed by atoms with Crippen LogP contribution in [0.15, 0.2) is 30.3 Å². The minimum atomic E-state index is -4.72. The number of alkyl halides is 3. The molecule has 1 saturated heterocycles. The van der Waals surface area contributed by atoms with Gasteiger partial charge in [-0.25, -0.2) is 4.79 Å². The summed E-state index contributed by atoms with van der Waals surface area (Å²) < 4.78 is 41.6. The van der Waals surface area contributed by atoms with Crippen molar-refractivity contribution in [1.29, 1.82) is 0 Å². The van der Waals surface area contributed by atoms with Gasteiger partial charge in [0.1, 0.15) is 0 Å². The Kier molecular flexibility index (Phi) is 5.29. The fourth-order valence-electron chi connectivity index (χ4n) is 3.51. The third-order valence-corrected chi connectivity index (χ3v) is 4.41. The third kappa shape index (κ3) is 3.43. The maximum Gasteiger partial charge on any atom is 0.408 e. The number of hydrogen-bond donors (Lipinski definition) is 2. The Morgan fingerprint density at radius 1 is 1.28 bits per heavy atom. The summed E-state index contributed by atoms with van der Waals surface area (Å²) in [7, 11) is 0. The molecule has 0 spiro atoms. The first kappa shape index (κ1) is 19.1. The quantitative estimate of drug-likeness (QED) is 0.870. The zero-order valence-electron chi connectivity index (χ0n) is 14.0. The van der Waals surface area contributed by atoms with Gasteiger partial charge >= 0.3 is 12.3 Å². The molecule has 0 aliphatic carbocycles. The number of piperidine rings is 1. The highest BCUT2D eigenvalue weighted by molar-refractivity contribution is 5.92. The SMILES string of the molecule is CC(C)NC(=O)C1(c2ccccc2)C(C(F)(F)F)CCCN1C(=O)O. The second kappa shape index (κ2) is 6.93. The molecule has 138 valence electrons. The lowest BCUT2D eigenvalue weighted by molar-refractivity contribution is -0.222. The minimum absolute atomic E-state index is 0.0255. The summed E-state index contributed by atoms with van der Waals surface area (Å²) in [5.41, 5.74) is -2.31. The van der Waals surface area contributed by atoms with Crippen molar-refractivity contribution in [2.45, 2.75) is 44.4 Å². The molecule has 0 saturated carbocycles. The van der Waals surface area contributed by atoms with E-state index in [1.54, 1.807) is 19.9 Å². The number of carboxylic acid groups (broad SMARTS) is 1. The molecule has 2 atom stereocenters. The van der Waals surface area contributed by atoms with Crippen LogP contribution in [0.1, 0.15) is 32.3 Å². The molecule has 1 aliphatic heterocycles. The van der Waals surface area contributed by atoms with Crippen molar-refractivity contribution in [3.8, 4) is 0 Å². The van der Waals surface area contributed by atoms with Crippen molar-refractivity contribution in [1.82, 2.24) is 10.2 Å². The van der Waals surface area contributed by atoms with E-state index < -0.39 is 35.7 Å². The normalized spacial score (nSPS) is 24.2. The smallest absolute Gasteiger partial charge is 0.408 e. The molecule has 2 unspecified atom stereocenters. The number of hydrogen-bond acceptors (Lipinski definition) is 2. The molecule has 0 radical (unpaired) electrons. The molecule has 2 rings (SSSR count). The largest absolute Gasteiger partial charge is 0.465 e. The summed E-state index contributed by atoms with van der Waals surface area (Å²) in [6, 6.07) is 6.93. The number of amides is 2. The molecule has 25 heavy (non-hydrogen) atoms. The van der Waals surface area contributed by atoms with Gasteiger partial charge in [0.05, 0.1) is 5.92 Å². The second-order valence-electron chi connectivity index (χ2n) is 6.43. The van der Waals surface area contributed by atoms with Crippen LogP contribution in [-0.2, 0) is 10.3 Å². The lowest BCUT2D eigenvalue weighted by atomic mass is 9.70. The first-order valence-corrected chi connectivity index (χ1v) is 8.05. The van der Waals surface area contributed by atoms with E-state index in [1.807, 2.05) is 0 Å². The topological polar surface area (TPSA) is 69.6 Å². The average molecular weight is 358 g/mol. The predicted molar refractivity (Wildman–Crippen MR) is 84.9 cm³/mol. The van der Waals surface area contributed by atoms with Gasteiger partial charge < -0.3 is 10.4 Å². The lowest BCUT2D eigenvalue weighted by Gasteiger charge is -2.50. The number of carbonyl (C=O) groups is 2. The Morgan fingerprint density at radius 2 is 1.88 bits per heavy atom. The van der Waals surface area contributed by atoms with Gasteiger partial charge in [-0.15, -0.1) is 0 Å². The van der Waals surface area contributed by atoms with Gasteiger partial charge in [0.25, 0.3) is 5.91 Å². The number of likely N-dealkylation sites (tertiary alicyclic amines) is 1. The Morgan fingerprint density at radius 3 is 2.36 bits per heavy atom. The molecule has 1 aromatic carbocycles. The van der Waals surface area contributed by atoms with Gasteiger partial charge in [-0.2, -0.15) is 13.2 Å². The number of nitrogens with zero attached hydrogens (tertiary/aromatic N) is 1. The number of halogens is 3. The number of carbonyl (C=O) groups excluding carboxylic acids is 1. The van der Waals surface area contributed by atoms with Gasteiger partial charge in [-0.1, -0.05) is 30.3 Å². The molecule has 0 aromatic heterocycles. The van der Waals surface area contributed by atoms with E-state index in [4.69, 9.17) is 0 Å². The van der Waals surface area contributed by atoms with Gasteiger partial charge in [0, 0.05) is 12.6 Å². The zero-order valence-corrected chi connectivity index (χ0v) is 14.0. The molecule has 8 heteroatoms. The van der Waals surface area contributed by atoms with Crippen LogP contribution in [0, 0.1) is 5.92 Å². The summed E-state index contributed by atoms with van der Waals surface area (Å²) in [5, 5.41) is 12.1. The number of benzene rings is 1. The van der Waals surface area contributed by atoms with Crippen LogP contribution in [0.4, 0.5) is 18.0 Å². The Labute approximate surface area is 143 Å². The van der Waals surface area contributed by atoms with Crippen LogP contribution in [0.3, 0.4) is 0 Å². The first-order valence-electron chi connectivity index (χ1n) is 8.05. The highest BCUT2D eigenvalue weighted by atomic mass is 19.4. The van der Waals surface area contributed by atoms with Crippen molar-refractivity contribution in [3.63, 3.8) is 0 Å². The highest BCUT2D eigenvalue weighted by Gasteiger charge is 2.64. The Hall–Kier alpha value is -2.25. The molecule has 0 bridgehead atoms. The number of rotatable bonds is 3. The standard InChI is InChI=1S/C17H21F3N2O3/c1-11(2)21-14(23)16(12-7-4-3-5-8-12)13(17(18,19)20)9-6-10-22(16)15(24)25/h3-5,7-8,11,13H,6,9-10H2,1-2H3,(H,21,23)(H,24,25). The molecule has 2 amide bonds. The van der Waals surface area contributed by atoms with Gasteiger partial charge in [0.2, 0.25) is 0 Å². The average Bonchev–Trinajstić information content (AvgIpc) is 2.53. The summed E-state index contributed by atoms with van der Waals surface area (Å²) in [4.78, 5) is 25.4. The molecule has 1 heterocycles. The number of nitrogens with one attached hydrogen (secondary N) is 1. The molecule has 1 aliphatic rings. The van der Waals surface area contributed by atoms with Crippen molar-refractivity contribution < 1.29 is 27.9 Å². The second-order valence-corrected chi connectivity index (χ2v) is 6.43. The van der Waals surface area contributed by atoms with Crippen LogP contribution in [0.2, 0.25) is 0 Å². The van der Waals surface area contributed by atoms with Crippen molar-refractivity contribution in [2.24, 2.45) is 5.92 Å². The van der Waals surface area contributed by atoms with Crippen molar-refractivity contribution in [2.75, 3.05) is 6.54 Å². The molecule has 5 nitrogen and oxygen atoms in total. The molecular formula is C17H21F3N2O3. The van der Waals surface area contributed by atoms with Crippen LogP contribution in [-0.4, -0.2) is 40.8 Å². The highest BCUT2D eigenvalue weighted by Crippen LogP contribution is 2.50. The van der Waals surface area contributed by atoms with Crippen LogP contribution in [0.5, 0.6) is 0 Å².